The SMILES string of the molecule is O=C1C[C@H]([NH2+]CCc2ccc(Cl)cc2)C(=O)N1c1ccc(F)cc1. The Kier molecular flexibility index (Phi) is 4.92. The Morgan fingerprint density at radius 1 is 1.08 bits per heavy atom. The van der Waals surface area contributed by atoms with Gasteiger partial charge < -0.3 is 5.32 Å². The summed E-state index contributed by atoms with van der Waals surface area (Å²) in [5.41, 5.74) is 1.54. The molecule has 1 fully saturated rings. The molecule has 2 aromatic rings. The van der Waals surface area contributed by atoms with Gasteiger partial charge in [-0.05, 0) is 42.0 Å². The van der Waals surface area contributed by atoms with Gasteiger partial charge in [0, 0.05) is 11.4 Å². The number of benzene rings is 2. The van der Waals surface area contributed by atoms with E-state index in [1.165, 1.54) is 24.3 Å². The molecule has 1 saturated heterocycles. The number of nitrogens with zero attached hydrogens (tertiary/aromatic N) is 1. The lowest BCUT2D eigenvalue weighted by Crippen LogP contribution is -2.92. The van der Waals surface area contributed by atoms with Gasteiger partial charge >= 0.3 is 0 Å². The Balaban J connectivity index is 1.59. The molecule has 0 bridgehead atoms. The van der Waals surface area contributed by atoms with Crippen molar-refractivity contribution in [3.05, 3.63) is 64.9 Å². The van der Waals surface area contributed by atoms with Gasteiger partial charge in [-0.25, -0.2) is 9.29 Å². The van der Waals surface area contributed by atoms with Crippen LogP contribution in [0, 0.1) is 5.82 Å². The normalized spacial score (nSPS) is 17.6. The average Bonchev–Trinajstić information content (AvgIpc) is 2.85. The Morgan fingerprint density at radius 3 is 2.42 bits per heavy atom. The molecule has 0 radical (unpaired) electrons. The zero-order valence-electron chi connectivity index (χ0n) is 12.9. The predicted octanol–water partition coefficient (Wildman–Crippen LogP) is 1.92. The van der Waals surface area contributed by atoms with Gasteiger partial charge in [0.1, 0.15) is 5.82 Å². The Morgan fingerprint density at radius 2 is 1.75 bits per heavy atom. The third-order valence-electron chi connectivity index (χ3n) is 4.06. The number of quaternary nitrogens is 1. The van der Waals surface area contributed by atoms with Crippen LogP contribution in [0.1, 0.15) is 12.0 Å². The molecule has 1 atom stereocenters. The number of carbonyl (C=O) groups is 2. The van der Waals surface area contributed by atoms with Crippen LogP contribution >= 0.6 is 11.6 Å². The molecule has 0 aliphatic carbocycles. The molecule has 1 aliphatic heterocycles. The van der Waals surface area contributed by atoms with Gasteiger partial charge in [0.15, 0.2) is 6.04 Å². The number of carbonyl (C=O) groups excluding carboxylic acids is 2. The summed E-state index contributed by atoms with van der Waals surface area (Å²) in [6.07, 6.45) is 0.947. The van der Waals surface area contributed by atoms with Crippen LogP contribution in [-0.4, -0.2) is 24.4 Å². The van der Waals surface area contributed by atoms with Gasteiger partial charge in [-0.2, -0.15) is 0 Å². The van der Waals surface area contributed by atoms with E-state index in [1.54, 1.807) is 0 Å². The summed E-state index contributed by atoms with van der Waals surface area (Å²) >= 11 is 5.85. The highest BCUT2D eigenvalue weighted by Crippen LogP contribution is 2.21. The molecule has 0 saturated carbocycles. The number of anilines is 1. The van der Waals surface area contributed by atoms with Gasteiger partial charge in [0.05, 0.1) is 18.7 Å². The van der Waals surface area contributed by atoms with Crippen molar-refractivity contribution in [2.45, 2.75) is 18.9 Å². The van der Waals surface area contributed by atoms with Crippen LogP contribution in [0.5, 0.6) is 0 Å². The Labute approximate surface area is 144 Å². The van der Waals surface area contributed by atoms with Crippen LogP contribution in [0.25, 0.3) is 0 Å². The zero-order valence-corrected chi connectivity index (χ0v) is 13.7. The average molecular weight is 348 g/mol. The molecular formula is C18H17ClFN2O2+. The third kappa shape index (κ3) is 3.63. The largest absolute Gasteiger partial charge is 0.335 e. The lowest BCUT2D eigenvalue weighted by molar-refractivity contribution is -0.674. The lowest BCUT2D eigenvalue weighted by Gasteiger charge is -2.14. The second kappa shape index (κ2) is 7.11. The van der Waals surface area contributed by atoms with Crippen molar-refractivity contribution >= 4 is 29.1 Å². The molecule has 2 N–H and O–H groups in total. The van der Waals surface area contributed by atoms with Gasteiger partial charge in [-0.15, -0.1) is 0 Å². The molecule has 24 heavy (non-hydrogen) atoms. The molecule has 2 amide bonds. The number of amides is 2. The summed E-state index contributed by atoms with van der Waals surface area (Å²) in [6.45, 7) is 0.697. The van der Waals surface area contributed by atoms with E-state index in [4.69, 9.17) is 11.6 Å². The van der Waals surface area contributed by atoms with Crippen molar-refractivity contribution in [1.82, 2.24) is 0 Å². The Bertz CT molecular complexity index is 747. The van der Waals surface area contributed by atoms with Crippen LogP contribution < -0.4 is 10.2 Å². The van der Waals surface area contributed by atoms with E-state index < -0.39 is 11.9 Å². The number of halogens is 2. The van der Waals surface area contributed by atoms with E-state index in [9.17, 15) is 14.0 Å². The molecule has 4 nitrogen and oxygen atoms in total. The summed E-state index contributed by atoms with van der Waals surface area (Å²) in [4.78, 5) is 25.7. The zero-order chi connectivity index (χ0) is 17.1. The van der Waals surface area contributed by atoms with E-state index in [0.717, 1.165) is 16.9 Å². The van der Waals surface area contributed by atoms with Gasteiger partial charge in [-0.3, -0.25) is 9.59 Å². The third-order valence-corrected chi connectivity index (χ3v) is 4.32. The topological polar surface area (TPSA) is 54.0 Å². The first-order valence-electron chi connectivity index (χ1n) is 7.75. The fourth-order valence-corrected chi connectivity index (χ4v) is 2.93. The maximum atomic E-state index is 13.0. The highest BCUT2D eigenvalue weighted by Gasteiger charge is 2.41. The summed E-state index contributed by atoms with van der Waals surface area (Å²) < 4.78 is 13.0. The van der Waals surface area contributed by atoms with Gasteiger partial charge in [-0.1, -0.05) is 23.7 Å². The molecule has 0 spiro atoms. The molecule has 0 aromatic heterocycles. The summed E-state index contributed by atoms with van der Waals surface area (Å²) in [6, 6.07) is 12.5. The number of hydrogen-bond acceptors (Lipinski definition) is 2. The van der Waals surface area contributed by atoms with Crippen molar-refractivity contribution < 1.29 is 19.3 Å². The fourth-order valence-electron chi connectivity index (χ4n) is 2.80. The first-order valence-corrected chi connectivity index (χ1v) is 8.12. The monoisotopic (exact) mass is 347 g/mol. The molecule has 6 heteroatoms. The molecule has 1 aliphatic rings. The van der Waals surface area contributed by atoms with Crippen molar-refractivity contribution in [2.75, 3.05) is 11.4 Å². The second-order valence-electron chi connectivity index (χ2n) is 5.76. The molecular weight excluding hydrogens is 331 g/mol. The van der Waals surface area contributed by atoms with Crippen LogP contribution in [0.3, 0.4) is 0 Å². The van der Waals surface area contributed by atoms with E-state index in [1.807, 2.05) is 29.6 Å². The van der Waals surface area contributed by atoms with E-state index in [0.29, 0.717) is 17.3 Å². The number of imide groups is 1. The minimum atomic E-state index is -0.421. The maximum absolute atomic E-state index is 13.0. The minimum absolute atomic E-state index is 0.164. The molecule has 0 unspecified atom stereocenters. The van der Waals surface area contributed by atoms with E-state index >= 15 is 0 Å². The van der Waals surface area contributed by atoms with Crippen molar-refractivity contribution in [3.63, 3.8) is 0 Å². The summed E-state index contributed by atoms with van der Waals surface area (Å²) in [7, 11) is 0. The van der Waals surface area contributed by atoms with Gasteiger partial charge in [0.2, 0.25) is 5.91 Å². The minimum Gasteiger partial charge on any atom is -0.335 e. The maximum Gasteiger partial charge on any atom is 0.292 e. The fraction of sp³-hybridized carbons (Fsp3) is 0.222. The summed E-state index contributed by atoms with van der Waals surface area (Å²) in [5, 5.41) is 2.58. The van der Waals surface area contributed by atoms with Crippen LogP contribution in [0.15, 0.2) is 48.5 Å². The lowest BCUT2D eigenvalue weighted by atomic mass is 10.1. The highest BCUT2D eigenvalue weighted by molar-refractivity contribution is 6.30. The first-order chi connectivity index (χ1) is 11.5. The second-order valence-corrected chi connectivity index (χ2v) is 6.19. The first kappa shape index (κ1) is 16.6. The highest BCUT2D eigenvalue weighted by atomic mass is 35.5. The number of rotatable bonds is 5. The number of nitrogens with two attached hydrogens (primary N) is 1. The molecule has 124 valence electrons. The van der Waals surface area contributed by atoms with E-state index in [-0.39, 0.29) is 18.2 Å². The summed E-state index contributed by atoms with van der Waals surface area (Å²) in [5.74, 6) is -0.897. The van der Waals surface area contributed by atoms with Crippen LogP contribution in [-0.2, 0) is 16.0 Å². The van der Waals surface area contributed by atoms with Crippen LogP contribution in [0.4, 0.5) is 10.1 Å². The van der Waals surface area contributed by atoms with Crippen molar-refractivity contribution in [3.8, 4) is 0 Å². The molecule has 2 aromatic carbocycles. The van der Waals surface area contributed by atoms with Crippen molar-refractivity contribution in [1.29, 1.82) is 0 Å². The predicted molar refractivity (Wildman–Crippen MR) is 89.2 cm³/mol. The van der Waals surface area contributed by atoms with Gasteiger partial charge in [0.25, 0.3) is 5.91 Å². The molecule has 1 heterocycles. The number of hydrogen-bond donors (Lipinski definition) is 1. The Hall–Kier alpha value is -2.24. The van der Waals surface area contributed by atoms with Crippen LogP contribution in [0.2, 0.25) is 5.02 Å². The quantitative estimate of drug-likeness (QED) is 0.840. The van der Waals surface area contributed by atoms with E-state index in [2.05, 4.69) is 0 Å². The standard InChI is InChI=1S/C18H16ClFN2O2/c19-13-3-1-12(2-4-13)9-10-21-16-11-17(23)22(18(16)24)15-7-5-14(20)6-8-15/h1-8,16,21H,9-11H2/p+1/t16-/m0/s1. The molecule has 3 rings (SSSR count). The van der Waals surface area contributed by atoms with Crippen molar-refractivity contribution in [2.24, 2.45) is 0 Å². The smallest absolute Gasteiger partial charge is 0.292 e.